The van der Waals surface area contributed by atoms with Gasteiger partial charge in [0.15, 0.2) is 0 Å². The summed E-state index contributed by atoms with van der Waals surface area (Å²) in [6.45, 7) is 9.54. The molecule has 3 heteroatoms. The van der Waals surface area contributed by atoms with Crippen LogP contribution in [-0.4, -0.2) is 10.5 Å². The molecule has 0 fully saturated rings. The van der Waals surface area contributed by atoms with E-state index in [0.717, 1.165) is 0 Å². The Kier molecular flexibility index (Phi) is 7.77. The summed E-state index contributed by atoms with van der Waals surface area (Å²) in [5.74, 6) is 0. The molecule has 0 saturated heterocycles. The highest BCUT2D eigenvalue weighted by molar-refractivity contribution is 7.84. The van der Waals surface area contributed by atoms with Crippen LogP contribution in [0.3, 0.4) is 0 Å². The Morgan fingerprint density at radius 3 is 0.939 bits per heavy atom. The van der Waals surface area contributed by atoms with E-state index in [1.54, 1.807) is 0 Å². The van der Waals surface area contributed by atoms with Gasteiger partial charge in [0.2, 0.25) is 0 Å². The van der Waals surface area contributed by atoms with Crippen LogP contribution in [0.1, 0.15) is 27.7 Å². The summed E-state index contributed by atoms with van der Waals surface area (Å²) in [7, 11) is -1.48. The average molecular weight is 470 g/mol. The van der Waals surface area contributed by atoms with E-state index in [9.17, 15) is 0 Å². The summed E-state index contributed by atoms with van der Waals surface area (Å²) in [6, 6.07) is 44.8. The third kappa shape index (κ3) is 5.62. The number of rotatable bonds is 7. The molecular weight excluding hydrogens is 436 g/mol. The van der Waals surface area contributed by atoms with E-state index in [1.165, 1.54) is 21.2 Å². The summed E-state index contributed by atoms with van der Waals surface area (Å²) < 4.78 is 2.86. The molecule has 0 aliphatic rings. The van der Waals surface area contributed by atoms with E-state index in [1.807, 2.05) is 0 Å². The second-order valence-electron chi connectivity index (χ2n) is 9.33. The van der Waals surface area contributed by atoms with Crippen molar-refractivity contribution in [3.63, 3.8) is 0 Å². The van der Waals surface area contributed by atoms with Crippen LogP contribution in [0.4, 0.5) is 0 Å². The van der Waals surface area contributed by atoms with E-state index < -0.39 is 16.1 Å². The quantitative estimate of drug-likeness (QED) is 0.269. The Labute approximate surface area is 202 Å². The van der Waals surface area contributed by atoms with Gasteiger partial charge in [-0.25, -0.2) is 4.44 Å². The highest BCUT2D eigenvalue weighted by Gasteiger charge is 2.39. The lowest BCUT2D eigenvalue weighted by molar-refractivity contribution is 0.268. The zero-order chi connectivity index (χ0) is 23.3. The maximum Gasteiger partial charge on any atom is 0.0325 e. The van der Waals surface area contributed by atoms with Crippen molar-refractivity contribution in [2.45, 2.75) is 33.7 Å². The Morgan fingerprint density at radius 2 is 0.727 bits per heavy atom. The minimum Gasteiger partial charge on any atom is -0.241 e. The van der Waals surface area contributed by atoms with E-state index in [4.69, 9.17) is 0 Å². The maximum absolute atomic E-state index is 2.86. The molecule has 33 heavy (non-hydrogen) atoms. The molecule has 0 radical (unpaired) electrons. The first-order valence-electron chi connectivity index (χ1n) is 11.6. The predicted molar refractivity (Wildman–Crippen MR) is 149 cm³/mol. The van der Waals surface area contributed by atoms with Gasteiger partial charge in [-0.2, -0.15) is 0 Å². The highest BCUT2D eigenvalue weighted by atomic mass is 31.2. The fraction of sp³-hybridized carbons (Fsp3) is 0.200. The van der Waals surface area contributed by atoms with Gasteiger partial charge in [0, 0.05) is 22.2 Å². The number of hydrogen-bond acceptors (Lipinski definition) is 1. The molecule has 0 aliphatic heterocycles. The molecule has 4 rings (SSSR count). The number of hydrogen-bond donors (Lipinski definition) is 0. The van der Waals surface area contributed by atoms with Gasteiger partial charge in [-0.3, -0.25) is 0 Å². The van der Waals surface area contributed by atoms with Crippen LogP contribution in [0.15, 0.2) is 121 Å². The summed E-state index contributed by atoms with van der Waals surface area (Å²) in [5.41, 5.74) is 0.119. The molecule has 0 bridgehead atoms. The lowest BCUT2D eigenvalue weighted by Crippen LogP contribution is -2.43. The van der Waals surface area contributed by atoms with Crippen molar-refractivity contribution in [3.8, 4) is 0 Å². The molecule has 168 valence electrons. The number of benzene rings is 4. The lowest BCUT2D eigenvalue weighted by atomic mass is 9.89. The third-order valence-corrected chi connectivity index (χ3v) is 11.7. The summed E-state index contributed by atoms with van der Waals surface area (Å²) in [4.78, 5) is 0. The zero-order valence-corrected chi connectivity index (χ0v) is 21.8. The minimum atomic E-state index is -0.742. The van der Waals surface area contributed by atoms with Gasteiger partial charge in [-0.05, 0) is 33.6 Å². The van der Waals surface area contributed by atoms with Crippen molar-refractivity contribution >= 4 is 37.4 Å². The van der Waals surface area contributed by atoms with Gasteiger partial charge in [0.25, 0.3) is 0 Å². The molecule has 0 heterocycles. The monoisotopic (exact) mass is 469 g/mol. The highest BCUT2D eigenvalue weighted by Crippen LogP contribution is 2.58. The minimum absolute atomic E-state index is 0.119. The lowest BCUT2D eigenvalue weighted by Gasteiger charge is -2.47. The molecule has 0 spiro atoms. The largest absolute Gasteiger partial charge is 0.241 e. The molecule has 0 saturated carbocycles. The van der Waals surface area contributed by atoms with Crippen LogP contribution in [0.2, 0.25) is 0 Å². The molecule has 0 aliphatic carbocycles. The molecular formula is C30H33NP2. The third-order valence-electron chi connectivity index (χ3n) is 6.01. The van der Waals surface area contributed by atoms with Crippen LogP contribution in [0.5, 0.6) is 0 Å². The molecule has 1 nitrogen and oxygen atoms in total. The van der Waals surface area contributed by atoms with Crippen LogP contribution >= 0.6 is 16.1 Å². The second-order valence-corrected chi connectivity index (χ2v) is 13.8. The molecule has 4 aromatic rings. The molecule has 1 unspecified atom stereocenters. The van der Waals surface area contributed by atoms with Gasteiger partial charge >= 0.3 is 0 Å². The predicted octanol–water partition coefficient (Wildman–Crippen LogP) is 6.82. The first-order chi connectivity index (χ1) is 16.0. The zero-order valence-electron chi connectivity index (χ0n) is 20.0. The fourth-order valence-corrected chi connectivity index (χ4v) is 10.5. The Bertz CT molecular complexity index is 948. The molecule has 0 N–H and O–H groups in total. The van der Waals surface area contributed by atoms with Crippen LogP contribution in [0, 0.1) is 5.41 Å². The van der Waals surface area contributed by atoms with Crippen molar-refractivity contribution in [1.29, 1.82) is 0 Å². The second kappa shape index (κ2) is 10.8. The maximum atomic E-state index is 2.86. The van der Waals surface area contributed by atoms with E-state index in [2.05, 4.69) is 153 Å². The van der Waals surface area contributed by atoms with Crippen molar-refractivity contribution in [2.75, 3.05) is 0 Å². The van der Waals surface area contributed by atoms with Crippen LogP contribution < -0.4 is 21.2 Å². The van der Waals surface area contributed by atoms with E-state index in [0.29, 0.717) is 6.04 Å². The fourth-order valence-electron chi connectivity index (χ4n) is 3.83. The SMILES string of the molecule is CC(N(P(c1ccccc1)c1ccccc1)P(c1ccccc1)c1ccccc1)C(C)(C)C. The molecule has 1 atom stereocenters. The first-order valence-corrected chi connectivity index (χ1v) is 14.2. The average Bonchev–Trinajstić information content (AvgIpc) is 2.85. The van der Waals surface area contributed by atoms with Gasteiger partial charge in [0.05, 0.1) is 0 Å². The van der Waals surface area contributed by atoms with Gasteiger partial charge < -0.3 is 0 Å². The van der Waals surface area contributed by atoms with Crippen LogP contribution in [0.25, 0.3) is 0 Å². The van der Waals surface area contributed by atoms with Crippen molar-refractivity contribution in [1.82, 2.24) is 4.44 Å². The summed E-state index contributed by atoms with van der Waals surface area (Å²) in [5, 5.41) is 5.59. The first kappa shape index (κ1) is 23.8. The van der Waals surface area contributed by atoms with Gasteiger partial charge in [0.1, 0.15) is 0 Å². The van der Waals surface area contributed by atoms with Crippen molar-refractivity contribution < 1.29 is 0 Å². The van der Waals surface area contributed by atoms with Crippen LogP contribution in [-0.2, 0) is 0 Å². The smallest absolute Gasteiger partial charge is 0.0325 e. The summed E-state index contributed by atoms with van der Waals surface area (Å²) in [6.07, 6.45) is 0. The Morgan fingerprint density at radius 1 is 0.485 bits per heavy atom. The number of nitrogens with zero attached hydrogens (tertiary/aromatic N) is 1. The Balaban J connectivity index is 1.99. The van der Waals surface area contributed by atoms with Gasteiger partial charge in [-0.15, -0.1) is 0 Å². The molecule has 4 aromatic carbocycles. The normalized spacial score (nSPS) is 12.9. The Hall–Kier alpha value is -2.30. The molecule has 0 amide bonds. The molecule has 0 aromatic heterocycles. The van der Waals surface area contributed by atoms with E-state index in [-0.39, 0.29) is 5.41 Å². The topological polar surface area (TPSA) is 3.24 Å². The van der Waals surface area contributed by atoms with Gasteiger partial charge in [-0.1, -0.05) is 142 Å². The standard InChI is InChI=1S/C30H33NP2/c1-25(30(2,3)4)31(32(26-17-9-5-10-18-26)27-19-11-6-12-20-27)33(28-21-13-7-14-22-28)29-23-15-8-16-24-29/h5-25H,1-4H3. The van der Waals surface area contributed by atoms with E-state index >= 15 is 0 Å². The summed E-state index contributed by atoms with van der Waals surface area (Å²) >= 11 is 0. The van der Waals surface area contributed by atoms with Crippen molar-refractivity contribution in [3.05, 3.63) is 121 Å². The van der Waals surface area contributed by atoms with Crippen molar-refractivity contribution in [2.24, 2.45) is 5.41 Å².